The Bertz CT molecular complexity index is 356. The number of rotatable bonds is 3. The predicted octanol–water partition coefficient (Wildman–Crippen LogP) is 1.81. The van der Waals surface area contributed by atoms with Gasteiger partial charge >= 0.3 is 0 Å². The number of nitrogens with one attached hydrogen (secondary N) is 2. The van der Waals surface area contributed by atoms with Crippen LogP contribution in [0.2, 0.25) is 0 Å². The van der Waals surface area contributed by atoms with Crippen LogP contribution >= 0.6 is 11.3 Å². The van der Waals surface area contributed by atoms with Crippen molar-refractivity contribution in [3.05, 3.63) is 21.9 Å². The molecule has 0 radical (unpaired) electrons. The molecule has 0 bridgehead atoms. The van der Waals surface area contributed by atoms with Crippen LogP contribution in [0, 0.1) is 6.92 Å². The number of carbonyl (C=O) groups excluding carboxylic acids is 1. The first-order valence-corrected chi connectivity index (χ1v) is 6.69. The lowest BCUT2D eigenvalue weighted by Crippen LogP contribution is -2.46. The smallest absolute Gasteiger partial charge is 0.237 e. The molecule has 1 atom stereocenters. The lowest BCUT2D eigenvalue weighted by Gasteiger charge is -2.22. The molecule has 0 saturated carbocycles. The lowest BCUT2D eigenvalue weighted by molar-refractivity contribution is -0.123. The molecule has 1 aliphatic heterocycles. The summed E-state index contributed by atoms with van der Waals surface area (Å²) in [4.78, 5) is 13.1. The molecule has 0 aromatic carbocycles. The van der Waals surface area contributed by atoms with Crippen LogP contribution in [0.15, 0.2) is 11.4 Å². The molecule has 1 aromatic heterocycles. The summed E-state index contributed by atoms with van der Waals surface area (Å²) in [5.41, 5.74) is 1.27. The van der Waals surface area contributed by atoms with Gasteiger partial charge in [0.1, 0.15) is 0 Å². The van der Waals surface area contributed by atoms with Gasteiger partial charge in [-0.2, -0.15) is 0 Å². The first-order valence-electron chi connectivity index (χ1n) is 5.81. The van der Waals surface area contributed by atoms with Crippen molar-refractivity contribution in [2.75, 3.05) is 6.54 Å². The Labute approximate surface area is 100 Å². The van der Waals surface area contributed by atoms with Crippen LogP contribution in [0.1, 0.15) is 29.7 Å². The first-order chi connectivity index (χ1) is 7.77. The molecular formula is C12H18N2OS. The van der Waals surface area contributed by atoms with Crippen LogP contribution in [-0.2, 0) is 11.3 Å². The topological polar surface area (TPSA) is 41.1 Å². The van der Waals surface area contributed by atoms with E-state index in [4.69, 9.17) is 0 Å². The second-order valence-electron chi connectivity index (χ2n) is 4.25. The Morgan fingerprint density at radius 1 is 1.62 bits per heavy atom. The van der Waals surface area contributed by atoms with E-state index in [1.807, 2.05) is 0 Å². The monoisotopic (exact) mass is 238 g/mol. The van der Waals surface area contributed by atoms with Crippen LogP contribution in [0.5, 0.6) is 0 Å². The minimum Gasteiger partial charge on any atom is -0.350 e. The Balaban J connectivity index is 1.81. The van der Waals surface area contributed by atoms with Crippen molar-refractivity contribution in [2.24, 2.45) is 0 Å². The van der Waals surface area contributed by atoms with Crippen molar-refractivity contribution < 1.29 is 4.79 Å². The molecule has 1 aliphatic rings. The second-order valence-corrected chi connectivity index (χ2v) is 5.25. The highest BCUT2D eigenvalue weighted by molar-refractivity contribution is 7.10. The van der Waals surface area contributed by atoms with E-state index in [0.717, 1.165) is 19.4 Å². The van der Waals surface area contributed by atoms with Crippen molar-refractivity contribution in [3.8, 4) is 0 Å². The van der Waals surface area contributed by atoms with Crippen molar-refractivity contribution in [3.63, 3.8) is 0 Å². The van der Waals surface area contributed by atoms with Crippen LogP contribution < -0.4 is 10.6 Å². The van der Waals surface area contributed by atoms with Gasteiger partial charge in [-0.25, -0.2) is 0 Å². The molecule has 3 nitrogen and oxygen atoms in total. The molecule has 1 aromatic rings. The summed E-state index contributed by atoms with van der Waals surface area (Å²) < 4.78 is 0. The molecule has 88 valence electrons. The summed E-state index contributed by atoms with van der Waals surface area (Å²) in [5, 5.41) is 8.32. The third-order valence-electron chi connectivity index (χ3n) is 3.02. The largest absolute Gasteiger partial charge is 0.350 e. The maximum absolute atomic E-state index is 11.8. The average Bonchev–Trinajstić information content (AvgIpc) is 2.73. The zero-order valence-electron chi connectivity index (χ0n) is 9.58. The SMILES string of the molecule is Cc1ccsc1CNC(=O)[C@H]1CCCCN1. The van der Waals surface area contributed by atoms with E-state index in [0.29, 0.717) is 6.54 Å². The van der Waals surface area contributed by atoms with E-state index >= 15 is 0 Å². The number of piperidine rings is 1. The Hall–Kier alpha value is -0.870. The molecule has 0 aliphatic carbocycles. The second kappa shape index (κ2) is 5.46. The minimum atomic E-state index is 0.0222. The molecule has 1 fully saturated rings. The highest BCUT2D eigenvalue weighted by Gasteiger charge is 2.19. The van der Waals surface area contributed by atoms with Gasteiger partial charge in [-0.15, -0.1) is 11.3 Å². The molecule has 1 amide bonds. The summed E-state index contributed by atoms with van der Waals surface area (Å²) in [7, 11) is 0. The van der Waals surface area contributed by atoms with E-state index < -0.39 is 0 Å². The van der Waals surface area contributed by atoms with Gasteiger partial charge in [0.05, 0.1) is 12.6 Å². The summed E-state index contributed by atoms with van der Waals surface area (Å²) in [5.74, 6) is 0.146. The number of carbonyl (C=O) groups is 1. The van der Waals surface area contributed by atoms with Crippen LogP contribution in [0.4, 0.5) is 0 Å². The molecule has 2 N–H and O–H groups in total. The Kier molecular flexibility index (Phi) is 3.96. The molecule has 4 heteroatoms. The third kappa shape index (κ3) is 2.83. The van der Waals surface area contributed by atoms with Crippen molar-refractivity contribution >= 4 is 17.2 Å². The summed E-state index contributed by atoms with van der Waals surface area (Å²) in [6, 6.07) is 2.11. The Morgan fingerprint density at radius 2 is 2.50 bits per heavy atom. The highest BCUT2D eigenvalue weighted by Crippen LogP contribution is 2.15. The molecule has 1 saturated heterocycles. The molecule has 2 heterocycles. The third-order valence-corrected chi connectivity index (χ3v) is 4.04. The first kappa shape index (κ1) is 11.6. The molecule has 0 unspecified atom stereocenters. The maximum atomic E-state index is 11.8. The number of aryl methyl sites for hydroxylation is 1. The zero-order valence-corrected chi connectivity index (χ0v) is 10.4. The maximum Gasteiger partial charge on any atom is 0.237 e. The fraction of sp³-hybridized carbons (Fsp3) is 0.583. The van der Waals surface area contributed by atoms with Gasteiger partial charge in [-0.1, -0.05) is 6.42 Å². The number of hydrogen-bond donors (Lipinski definition) is 2. The fourth-order valence-electron chi connectivity index (χ4n) is 1.95. The minimum absolute atomic E-state index is 0.0222. The van der Waals surface area contributed by atoms with Crippen LogP contribution in [0.3, 0.4) is 0 Å². The van der Waals surface area contributed by atoms with Gasteiger partial charge in [0.2, 0.25) is 5.91 Å². The number of hydrogen-bond acceptors (Lipinski definition) is 3. The molecular weight excluding hydrogens is 220 g/mol. The normalized spacial score (nSPS) is 20.7. The van der Waals surface area contributed by atoms with Gasteiger partial charge in [0.25, 0.3) is 0 Å². The average molecular weight is 238 g/mol. The number of amides is 1. The number of thiophene rings is 1. The summed E-state index contributed by atoms with van der Waals surface area (Å²) in [6.07, 6.45) is 3.31. The van der Waals surface area contributed by atoms with Crippen LogP contribution in [0.25, 0.3) is 0 Å². The van der Waals surface area contributed by atoms with Crippen molar-refractivity contribution in [1.29, 1.82) is 0 Å². The van der Waals surface area contributed by atoms with E-state index in [1.54, 1.807) is 11.3 Å². The van der Waals surface area contributed by atoms with Gasteiger partial charge in [0, 0.05) is 4.88 Å². The van der Waals surface area contributed by atoms with Crippen LogP contribution in [-0.4, -0.2) is 18.5 Å². The predicted molar refractivity (Wildman–Crippen MR) is 66.5 cm³/mol. The van der Waals surface area contributed by atoms with E-state index in [-0.39, 0.29) is 11.9 Å². The van der Waals surface area contributed by atoms with E-state index in [1.165, 1.54) is 16.9 Å². The standard InChI is InChI=1S/C12H18N2OS/c1-9-5-7-16-11(9)8-14-12(15)10-4-2-3-6-13-10/h5,7,10,13H,2-4,6,8H2,1H3,(H,14,15)/t10-/m1/s1. The van der Waals surface area contributed by atoms with Gasteiger partial charge in [-0.3, -0.25) is 4.79 Å². The van der Waals surface area contributed by atoms with E-state index in [2.05, 4.69) is 29.0 Å². The molecule has 16 heavy (non-hydrogen) atoms. The molecule has 0 spiro atoms. The quantitative estimate of drug-likeness (QED) is 0.843. The summed E-state index contributed by atoms with van der Waals surface area (Å²) in [6.45, 7) is 3.72. The fourth-order valence-corrected chi connectivity index (χ4v) is 2.80. The zero-order chi connectivity index (χ0) is 11.4. The van der Waals surface area contributed by atoms with Gasteiger partial charge < -0.3 is 10.6 Å². The Morgan fingerprint density at radius 3 is 3.12 bits per heavy atom. The lowest BCUT2D eigenvalue weighted by atomic mass is 10.0. The van der Waals surface area contributed by atoms with Gasteiger partial charge in [-0.05, 0) is 43.3 Å². The van der Waals surface area contributed by atoms with Gasteiger partial charge in [0.15, 0.2) is 0 Å². The van der Waals surface area contributed by atoms with Crippen molar-refractivity contribution in [2.45, 2.75) is 38.8 Å². The summed E-state index contributed by atoms with van der Waals surface area (Å²) >= 11 is 1.70. The highest BCUT2D eigenvalue weighted by atomic mass is 32.1. The van der Waals surface area contributed by atoms with E-state index in [9.17, 15) is 4.79 Å². The molecule has 2 rings (SSSR count). The van der Waals surface area contributed by atoms with Crippen molar-refractivity contribution in [1.82, 2.24) is 10.6 Å².